The van der Waals surface area contributed by atoms with Gasteiger partial charge in [-0.2, -0.15) is 0 Å². The van der Waals surface area contributed by atoms with E-state index < -0.39 is 0 Å². The molecule has 1 amide bonds. The van der Waals surface area contributed by atoms with Gasteiger partial charge in [-0.1, -0.05) is 22.0 Å². The van der Waals surface area contributed by atoms with Gasteiger partial charge in [0.2, 0.25) is 0 Å². The molecule has 1 N–H and O–H groups in total. The number of hydrogen-bond acceptors (Lipinski definition) is 4. The average Bonchev–Trinajstić information content (AvgIpc) is 3.07. The summed E-state index contributed by atoms with van der Waals surface area (Å²) < 4.78 is 8.33. The molecule has 148 valence electrons. The van der Waals surface area contributed by atoms with E-state index in [1.807, 2.05) is 53.9 Å². The van der Waals surface area contributed by atoms with E-state index in [-0.39, 0.29) is 18.3 Å². The Morgan fingerprint density at radius 3 is 2.75 bits per heavy atom. The van der Waals surface area contributed by atoms with E-state index in [2.05, 4.69) is 26.2 Å². The Bertz CT molecular complexity index is 1010. The van der Waals surface area contributed by atoms with E-state index in [0.717, 1.165) is 32.4 Å². The van der Waals surface area contributed by atoms with Crippen LogP contribution in [0, 0.1) is 6.92 Å². The highest BCUT2D eigenvalue weighted by Crippen LogP contribution is 2.30. The summed E-state index contributed by atoms with van der Waals surface area (Å²) in [6.45, 7) is 4.44. The van der Waals surface area contributed by atoms with Gasteiger partial charge in [0.25, 0.3) is 5.91 Å². The number of carbonyl (C=O) groups is 1. The predicted molar refractivity (Wildman–Crippen MR) is 117 cm³/mol. The molecule has 0 saturated carbocycles. The van der Waals surface area contributed by atoms with Gasteiger partial charge >= 0.3 is 0 Å². The number of anilines is 2. The fourth-order valence-electron chi connectivity index (χ4n) is 3.37. The number of halogens is 2. The molecular weight excluding hydrogens is 444 g/mol. The van der Waals surface area contributed by atoms with Crippen molar-refractivity contribution in [1.29, 1.82) is 0 Å². The van der Waals surface area contributed by atoms with Crippen LogP contribution in [0.15, 0.2) is 41.1 Å². The molecule has 6 nitrogen and oxygen atoms in total. The highest BCUT2D eigenvalue weighted by molar-refractivity contribution is 9.10. The summed E-state index contributed by atoms with van der Waals surface area (Å²) in [5, 5.41) is 4.34. The Labute approximate surface area is 178 Å². The second-order valence-corrected chi connectivity index (χ2v) is 7.61. The first-order valence-electron chi connectivity index (χ1n) is 8.89. The van der Waals surface area contributed by atoms with Gasteiger partial charge in [-0.25, -0.2) is 4.98 Å². The van der Waals surface area contributed by atoms with E-state index in [1.54, 1.807) is 6.20 Å². The summed E-state index contributed by atoms with van der Waals surface area (Å²) in [4.78, 5) is 19.4. The predicted octanol–water partition coefficient (Wildman–Crippen LogP) is 4.28. The molecule has 0 spiro atoms. The van der Waals surface area contributed by atoms with E-state index in [9.17, 15) is 4.79 Å². The molecule has 3 aromatic rings. The molecule has 0 bridgehead atoms. The van der Waals surface area contributed by atoms with Crippen LogP contribution in [-0.2, 0) is 11.8 Å². The second kappa shape index (κ2) is 8.51. The number of hydrogen-bond donors (Lipinski definition) is 1. The van der Waals surface area contributed by atoms with Crippen molar-refractivity contribution in [2.24, 2.45) is 7.05 Å². The smallest absolute Gasteiger partial charge is 0.257 e. The number of fused-ring (bicyclic) bond motifs is 1. The first-order valence-corrected chi connectivity index (χ1v) is 9.68. The van der Waals surface area contributed by atoms with Gasteiger partial charge in [0.05, 0.1) is 24.3 Å². The van der Waals surface area contributed by atoms with Gasteiger partial charge in [-0.3, -0.25) is 4.79 Å². The maximum atomic E-state index is 13.0. The summed E-state index contributed by atoms with van der Waals surface area (Å²) >= 11 is 3.51. The van der Waals surface area contributed by atoms with Crippen molar-refractivity contribution in [1.82, 2.24) is 14.5 Å². The minimum atomic E-state index is 0. The number of carbonyl (C=O) groups excluding carboxylic acids is 1. The lowest BCUT2D eigenvalue weighted by Crippen LogP contribution is -2.40. The van der Waals surface area contributed by atoms with Gasteiger partial charge in [0.15, 0.2) is 0 Å². The number of nitrogens with zero attached hydrogens (tertiary/aromatic N) is 3. The van der Waals surface area contributed by atoms with E-state index >= 15 is 0 Å². The lowest BCUT2D eigenvalue weighted by Gasteiger charge is -2.27. The largest absolute Gasteiger partial charge is 0.378 e. The molecule has 1 fully saturated rings. The molecule has 0 atom stereocenters. The molecule has 4 rings (SSSR count). The van der Waals surface area contributed by atoms with Crippen LogP contribution >= 0.6 is 28.3 Å². The van der Waals surface area contributed by atoms with Crippen molar-refractivity contribution in [2.75, 3.05) is 31.6 Å². The Hall–Kier alpha value is -2.09. The fraction of sp³-hybridized carbons (Fsp3) is 0.300. The molecule has 1 saturated heterocycles. The van der Waals surface area contributed by atoms with Crippen molar-refractivity contribution in [3.8, 4) is 0 Å². The van der Waals surface area contributed by atoms with E-state index in [1.165, 1.54) is 0 Å². The zero-order valence-electron chi connectivity index (χ0n) is 15.7. The Morgan fingerprint density at radius 2 is 2.00 bits per heavy atom. The molecule has 28 heavy (non-hydrogen) atoms. The summed E-state index contributed by atoms with van der Waals surface area (Å²) in [6, 6.07) is 8.08. The number of aromatic nitrogens is 2. The minimum Gasteiger partial charge on any atom is -0.378 e. The van der Waals surface area contributed by atoms with Gasteiger partial charge in [-0.15, -0.1) is 12.4 Å². The summed E-state index contributed by atoms with van der Waals surface area (Å²) in [5.41, 5.74) is 3.61. The molecule has 1 aromatic carbocycles. The SMILES string of the molecule is Cc1ccc(Br)cc1Nc1ncc(C(=O)N2CCOCC2)c2c1ccn2C.Cl. The van der Waals surface area contributed by atoms with Crippen molar-refractivity contribution < 1.29 is 9.53 Å². The van der Waals surface area contributed by atoms with Gasteiger partial charge in [-0.05, 0) is 30.7 Å². The van der Waals surface area contributed by atoms with Crippen LogP contribution in [0.5, 0.6) is 0 Å². The average molecular weight is 466 g/mol. The van der Waals surface area contributed by atoms with Crippen LogP contribution in [0.25, 0.3) is 10.9 Å². The third-order valence-corrected chi connectivity index (χ3v) is 5.38. The van der Waals surface area contributed by atoms with Crippen LogP contribution in [0.4, 0.5) is 11.5 Å². The Kier molecular flexibility index (Phi) is 6.27. The number of aryl methyl sites for hydroxylation is 2. The van der Waals surface area contributed by atoms with Crippen LogP contribution in [0.3, 0.4) is 0 Å². The van der Waals surface area contributed by atoms with Crippen LogP contribution in [0.1, 0.15) is 15.9 Å². The zero-order valence-corrected chi connectivity index (χ0v) is 18.1. The zero-order chi connectivity index (χ0) is 19.0. The third-order valence-electron chi connectivity index (χ3n) is 4.89. The minimum absolute atomic E-state index is 0. The standard InChI is InChI=1S/C20H21BrN4O2.ClH/c1-13-3-4-14(21)11-17(13)23-19-15-5-6-24(2)18(15)16(12-22-19)20(26)25-7-9-27-10-8-25;/h3-6,11-12H,7-10H2,1-2H3,(H,22,23);1H. The number of benzene rings is 1. The monoisotopic (exact) mass is 464 g/mol. The van der Waals surface area contributed by atoms with Gasteiger partial charge in [0.1, 0.15) is 5.82 Å². The summed E-state index contributed by atoms with van der Waals surface area (Å²) in [6.07, 6.45) is 3.64. The molecule has 0 unspecified atom stereocenters. The number of ether oxygens (including phenoxy) is 1. The topological polar surface area (TPSA) is 59.4 Å². The second-order valence-electron chi connectivity index (χ2n) is 6.70. The highest BCUT2D eigenvalue weighted by atomic mass is 79.9. The summed E-state index contributed by atoms with van der Waals surface area (Å²) in [5.74, 6) is 0.744. The number of rotatable bonds is 3. The van der Waals surface area contributed by atoms with Crippen molar-refractivity contribution in [2.45, 2.75) is 6.92 Å². The Balaban J connectivity index is 0.00000225. The van der Waals surface area contributed by atoms with Crippen molar-refractivity contribution >= 4 is 56.7 Å². The first-order chi connectivity index (χ1) is 13.0. The molecule has 2 aromatic heterocycles. The molecular formula is C20H22BrClN4O2. The first kappa shape index (κ1) is 20.6. The highest BCUT2D eigenvalue weighted by Gasteiger charge is 2.23. The molecule has 1 aliphatic heterocycles. The number of nitrogens with one attached hydrogen (secondary N) is 1. The Morgan fingerprint density at radius 1 is 1.25 bits per heavy atom. The van der Waals surface area contributed by atoms with Gasteiger partial charge < -0.3 is 19.5 Å². The van der Waals surface area contributed by atoms with Crippen molar-refractivity contribution in [3.05, 3.63) is 52.3 Å². The lowest BCUT2D eigenvalue weighted by atomic mass is 10.1. The number of morpholine rings is 1. The lowest BCUT2D eigenvalue weighted by molar-refractivity contribution is 0.0303. The number of amides is 1. The van der Waals surface area contributed by atoms with E-state index in [4.69, 9.17) is 4.74 Å². The maximum absolute atomic E-state index is 13.0. The molecule has 3 heterocycles. The molecule has 0 radical (unpaired) electrons. The molecule has 8 heteroatoms. The van der Waals surface area contributed by atoms with Crippen molar-refractivity contribution in [3.63, 3.8) is 0 Å². The quantitative estimate of drug-likeness (QED) is 0.627. The maximum Gasteiger partial charge on any atom is 0.257 e. The third kappa shape index (κ3) is 3.87. The van der Waals surface area contributed by atoms with E-state index in [0.29, 0.717) is 31.9 Å². The molecule has 1 aliphatic rings. The number of pyridine rings is 1. The molecule has 0 aliphatic carbocycles. The van der Waals surface area contributed by atoms with Crippen LogP contribution in [0.2, 0.25) is 0 Å². The normalized spacial score (nSPS) is 14.0. The summed E-state index contributed by atoms with van der Waals surface area (Å²) in [7, 11) is 1.95. The van der Waals surface area contributed by atoms with Crippen LogP contribution in [-0.4, -0.2) is 46.7 Å². The van der Waals surface area contributed by atoms with Crippen LogP contribution < -0.4 is 5.32 Å². The van der Waals surface area contributed by atoms with Gasteiger partial charge in [0, 0.05) is 48.1 Å². The fourth-order valence-corrected chi connectivity index (χ4v) is 3.73.